The van der Waals surface area contributed by atoms with Crippen LogP contribution < -0.4 is 16.0 Å². The number of thiazole rings is 1. The van der Waals surface area contributed by atoms with Gasteiger partial charge in [0.15, 0.2) is 0 Å². The van der Waals surface area contributed by atoms with Gasteiger partial charge in [-0.05, 0) is 23.5 Å². The summed E-state index contributed by atoms with van der Waals surface area (Å²) in [5.41, 5.74) is 4.05. The zero-order valence-electron chi connectivity index (χ0n) is 31.1. The predicted molar refractivity (Wildman–Crippen MR) is 196 cm³/mol. The third-order valence-electron chi connectivity index (χ3n) is 8.20. The number of carbonyl (C=O) groups excluding carboxylic acids is 3. The van der Waals surface area contributed by atoms with Gasteiger partial charge in [0, 0.05) is 32.5 Å². The van der Waals surface area contributed by atoms with Gasteiger partial charge in [-0.1, -0.05) is 45.0 Å². The fourth-order valence-corrected chi connectivity index (χ4v) is 6.20. The van der Waals surface area contributed by atoms with Crippen LogP contribution in [-0.2, 0) is 44.6 Å². The molecular formula is C36H55N5O11S. The van der Waals surface area contributed by atoms with E-state index in [-0.39, 0.29) is 64.1 Å². The highest BCUT2D eigenvalue weighted by Gasteiger charge is 2.44. The van der Waals surface area contributed by atoms with Crippen LogP contribution in [-0.4, -0.2) is 141 Å². The number of aliphatic hydroxyl groups excluding tert-OH is 1. The van der Waals surface area contributed by atoms with E-state index in [9.17, 15) is 24.3 Å². The van der Waals surface area contributed by atoms with Crippen molar-refractivity contribution in [2.75, 3.05) is 79.2 Å². The van der Waals surface area contributed by atoms with E-state index in [0.717, 1.165) is 21.7 Å². The summed E-state index contributed by atoms with van der Waals surface area (Å²) in [4.78, 5) is 57.1. The van der Waals surface area contributed by atoms with Gasteiger partial charge >= 0.3 is 6.09 Å². The first kappa shape index (κ1) is 43.7. The number of carbonyl (C=O) groups is 4. The number of aliphatic hydroxyl groups is 1. The maximum Gasteiger partial charge on any atom is 0.404 e. The van der Waals surface area contributed by atoms with E-state index in [1.807, 2.05) is 57.5 Å². The topological polar surface area (TPSA) is 207 Å². The molecule has 1 aromatic heterocycles. The molecule has 1 aliphatic heterocycles. The number of ether oxygens (including phenoxy) is 5. The first-order chi connectivity index (χ1) is 25.4. The molecule has 0 saturated carbocycles. The summed E-state index contributed by atoms with van der Waals surface area (Å²) in [5, 5.41) is 26.9. The molecule has 5 N–H and O–H groups in total. The molecule has 3 atom stereocenters. The minimum atomic E-state index is -1.09. The van der Waals surface area contributed by atoms with Gasteiger partial charge in [-0.15, -0.1) is 11.3 Å². The van der Waals surface area contributed by atoms with Crippen LogP contribution in [0, 0.1) is 12.3 Å². The highest BCUT2D eigenvalue weighted by Crippen LogP contribution is 2.28. The lowest BCUT2D eigenvalue weighted by Gasteiger charge is -2.35. The molecule has 4 amide bonds. The fraction of sp³-hybridized carbons (Fsp3) is 0.639. The smallest absolute Gasteiger partial charge is 0.404 e. The second-order valence-corrected chi connectivity index (χ2v) is 14.3. The van der Waals surface area contributed by atoms with Gasteiger partial charge in [-0.3, -0.25) is 14.4 Å². The molecule has 1 aliphatic rings. The summed E-state index contributed by atoms with van der Waals surface area (Å²) in [6, 6.07) is 6.06. The van der Waals surface area contributed by atoms with Crippen molar-refractivity contribution in [1.29, 1.82) is 0 Å². The molecule has 0 bridgehead atoms. The number of aromatic nitrogens is 1. The first-order valence-electron chi connectivity index (χ1n) is 17.8. The summed E-state index contributed by atoms with van der Waals surface area (Å²) >= 11 is 1.57. The summed E-state index contributed by atoms with van der Waals surface area (Å²) in [5.74, 6) is -1.16. The van der Waals surface area contributed by atoms with Gasteiger partial charge in [0.05, 0.1) is 88.3 Å². The van der Waals surface area contributed by atoms with Crippen molar-refractivity contribution in [1.82, 2.24) is 25.8 Å². The maximum absolute atomic E-state index is 13.8. The quantitative estimate of drug-likeness (QED) is 0.0973. The molecule has 0 radical (unpaired) electrons. The van der Waals surface area contributed by atoms with Gasteiger partial charge in [0.25, 0.3) is 0 Å². The third-order valence-corrected chi connectivity index (χ3v) is 9.17. The number of amides is 4. The Morgan fingerprint density at radius 3 is 1.98 bits per heavy atom. The Morgan fingerprint density at radius 1 is 0.887 bits per heavy atom. The number of nitrogens with zero attached hydrogens (tertiary/aromatic N) is 2. The molecule has 1 fully saturated rings. The predicted octanol–water partition coefficient (Wildman–Crippen LogP) is 1.97. The number of hydrogen-bond acceptors (Lipinski definition) is 12. The van der Waals surface area contributed by atoms with Crippen LogP contribution in [0.1, 0.15) is 44.9 Å². The van der Waals surface area contributed by atoms with Crippen molar-refractivity contribution < 1.29 is 53.1 Å². The Kier molecular flexibility index (Phi) is 19.1. The Labute approximate surface area is 314 Å². The van der Waals surface area contributed by atoms with E-state index >= 15 is 0 Å². The van der Waals surface area contributed by atoms with Crippen LogP contribution in [0.25, 0.3) is 10.4 Å². The largest absolute Gasteiger partial charge is 0.465 e. The average molecular weight is 766 g/mol. The number of nitrogens with one attached hydrogen (secondary N) is 3. The monoisotopic (exact) mass is 765 g/mol. The molecule has 1 aromatic carbocycles. The molecule has 296 valence electrons. The van der Waals surface area contributed by atoms with Crippen molar-refractivity contribution >= 4 is 35.2 Å². The minimum Gasteiger partial charge on any atom is -0.465 e. The van der Waals surface area contributed by atoms with Gasteiger partial charge in [0.2, 0.25) is 17.7 Å². The number of aryl methyl sites for hydroxylation is 1. The molecule has 3 rings (SSSR count). The molecule has 16 nitrogen and oxygen atoms in total. The molecule has 0 aliphatic carbocycles. The van der Waals surface area contributed by atoms with E-state index in [4.69, 9.17) is 28.8 Å². The molecule has 2 aromatic rings. The van der Waals surface area contributed by atoms with Gasteiger partial charge < -0.3 is 54.7 Å². The van der Waals surface area contributed by atoms with E-state index in [1.165, 1.54) is 4.90 Å². The van der Waals surface area contributed by atoms with Crippen molar-refractivity contribution in [3.05, 3.63) is 41.0 Å². The molecule has 17 heteroatoms. The van der Waals surface area contributed by atoms with Gasteiger partial charge in [-0.2, -0.15) is 0 Å². The van der Waals surface area contributed by atoms with Crippen LogP contribution in [0.2, 0.25) is 0 Å². The lowest BCUT2D eigenvalue weighted by atomic mass is 9.85. The van der Waals surface area contributed by atoms with Gasteiger partial charge in [-0.25, -0.2) is 9.78 Å². The lowest BCUT2D eigenvalue weighted by Crippen LogP contribution is -2.57. The van der Waals surface area contributed by atoms with Crippen LogP contribution >= 0.6 is 11.3 Å². The van der Waals surface area contributed by atoms with E-state index in [2.05, 4.69) is 20.9 Å². The highest BCUT2D eigenvalue weighted by molar-refractivity contribution is 7.13. The summed E-state index contributed by atoms with van der Waals surface area (Å²) < 4.78 is 27.0. The molecule has 1 unspecified atom stereocenters. The zero-order valence-corrected chi connectivity index (χ0v) is 31.9. The van der Waals surface area contributed by atoms with Crippen molar-refractivity contribution in [3.8, 4) is 10.4 Å². The number of rotatable bonds is 24. The molecule has 1 saturated heterocycles. The third kappa shape index (κ3) is 16.1. The van der Waals surface area contributed by atoms with Crippen LogP contribution in [0.5, 0.6) is 0 Å². The van der Waals surface area contributed by atoms with Crippen molar-refractivity contribution in [2.45, 2.75) is 65.3 Å². The minimum absolute atomic E-state index is 0.00328. The second kappa shape index (κ2) is 23.2. The van der Waals surface area contributed by atoms with E-state index in [0.29, 0.717) is 46.2 Å². The van der Waals surface area contributed by atoms with Crippen LogP contribution in [0.4, 0.5) is 4.79 Å². The number of β-amino-alcohol motifs (C(OH)–C–C–N with tert-alkyl or cyclic N) is 1. The molecular weight excluding hydrogens is 710 g/mol. The number of benzene rings is 1. The van der Waals surface area contributed by atoms with Crippen LogP contribution in [0.15, 0.2) is 29.8 Å². The molecule has 53 heavy (non-hydrogen) atoms. The van der Waals surface area contributed by atoms with E-state index in [1.54, 1.807) is 11.3 Å². The molecule has 2 heterocycles. The maximum atomic E-state index is 13.8. The fourth-order valence-electron chi connectivity index (χ4n) is 5.39. The summed E-state index contributed by atoms with van der Waals surface area (Å²) in [7, 11) is 0. The molecule has 0 spiro atoms. The van der Waals surface area contributed by atoms with Crippen molar-refractivity contribution in [3.63, 3.8) is 0 Å². The standard InChI is InChI=1S/C36H55N5O11S/c1-25-31(53-24-39-25)27-7-5-26(6-8-27)22-38-33(44)29-21-28(42)23-41(29)34(45)32(36(2,3)4)40-30(43)9-11-48-13-15-50-17-19-52-20-18-51-16-14-49-12-10-37-35(46)47/h5-8,24,28-29,32,37,42H,9-23H2,1-4H3,(H,38,44)(H,40,43)(H,46,47)/t28-,29+,32?/m1/s1. The van der Waals surface area contributed by atoms with Crippen LogP contribution in [0.3, 0.4) is 0 Å². The Hall–Kier alpha value is -3.71. The number of likely N-dealkylation sites (tertiary alicyclic amines) is 1. The average Bonchev–Trinajstić information content (AvgIpc) is 3.73. The normalized spacial score (nSPS) is 16.4. The summed E-state index contributed by atoms with van der Waals surface area (Å²) in [6.07, 6.45) is -1.81. The first-order valence-corrected chi connectivity index (χ1v) is 18.6. The van der Waals surface area contributed by atoms with Crippen molar-refractivity contribution in [2.24, 2.45) is 5.41 Å². The summed E-state index contributed by atoms with van der Waals surface area (Å²) in [6.45, 7) is 11.2. The zero-order chi connectivity index (χ0) is 38.6. The number of carboxylic acid groups (broad SMARTS) is 1. The second-order valence-electron chi connectivity index (χ2n) is 13.5. The lowest BCUT2D eigenvalue weighted by molar-refractivity contribution is -0.144. The SMILES string of the molecule is Cc1ncsc1-c1ccc(CNC(=O)[C@@H]2C[C@@H](O)CN2C(=O)C(NC(=O)CCOCCOCCOCCOCCOCCNC(=O)O)C(C)(C)C)cc1. The number of hydrogen-bond donors (Lipinski definition) is 5. The Bertz CT molecular complexity index is 1420. The Balaban J connectivity index is 1.30. The Morgan fingerprint density at radius 2 is 1.45 bits per heavy atom. The highest BCUT2D eigenvalue weighted by atomic mass is 32.1. The van der Waals surface area contributed by atoms with E-state index < -0.39 is 35.6 Å². The van der Waals surface area contributed by atoms with Gasteiger partial charge in [0.1, 0.15) is 12.1 Å².